The number of benzene rings is 4. The average Bonchev–Trinajstić information content (AvgIpc) is 3.71. The number of carbonyl (C=O) groups is 1. The number of halogens is 3. The fourth-order valence-electron chi connectivity index (χ4n) is 8.46. The van der Waals surface area contributed by atoms with Crippen LogP contribution in [0.15, 0.2) is 85.3 Å². The van der Waals surface area contributed by atoms with Gasteiger partial charge in [-0.1, -0.05) is 53.5 Å². The molecule has 0 amide bonds. The molecule has 0 saturated carbocycles. The van der Waals surface area contributed by atoms with E-state index in [4.69, 9.17) is 47.1 Å². The quantitative estimate of drug-likeness (QED) is 0.137. The number of fused-ring (bicyclic) bond motifs is 7. The summed E-state index contributed by atoms with van der Waals surface area (Å²) < 4.78 is 53.5. The molecule has 0 radical (unpaired) electrons. The summed E-state index contributed by atoms with van der Waals surface area (Å²) in [6.07, 6.45) is 0.755. The number of carboxylic acid groups (broad SMARTS) is 1. The van der Waals surface area contributed by atoms with Gasteiger partial charge in [0.15, 0.2) is 11.6 Å². The van der Waals surface area contributed by atoms with Crippen LogP contribution in [0.3, 0.4) is 0 Å². The number of rotatable bonds is 9. The van der Waals surface area contributed by atoms with Crippen LogP contribution in [0, 0.1) is 19.7 Å². The molecule has 1 N–H and O–H groups in total. The molecule has 7 aromatic rings. The SMILES string of the molecule is Cc1c(Cl)c2c(Cl)c(C)c1-c1c(-c3ccc(F)cc3)sc3ncnc(c13)O[C@@H](C(=O)O)Cc1cc(ccc1OCc1ccnc(-c3cccc(P(C)(C)=O)c3)n1)OC[C@@H](CN1CCN(C)CC1)O2. The normalized spacial score (nSPS) is 17.0. The van der Waals surface area contributed by atoms with Gasteiger partial charge < -0.3 is 33.5 Å². The molecule has 1 saturated heterocycles. The molecule has 3 aromatic heterocycles. The van der Waals surface area contributed by atoms with Gasteiger partial charge in [-0.15, -0.1) is 11.3 Å². The smallest absolute Gasteiger partial charge is 0.345 e. The van der Waals surface area contributed by atoms with E-state index < -0.39 is 31.1 Å². The highest BCUT2D eigenvalue weighted by molar-refractivity contribution is 7.70. The molecule has 2 atom stereocenters. The van der Waals surface area contributed by atoms with Crippen molar-refractivity contribution >= 4 is 63.2 Å². The number of likely N-dealkylation sites (N-methyl/N-ethyl adjacent to an activating group) is 1. The molecule has 6 heterocycles. The van der Waals surface area contributed by atoms with E-state index in [0.29, 0.717) is 89.3 Å². The fourth-order valence-corrected chi connectivity index (χ4v) is 11.0. The fraction of sp³-hybridized carbons (Fsp3) is 0.300. The Balaban J connectivity index is 1.15. The lowest BCUT2D eigenvalue weighted by atomic mass is 9.92. The van der Waals surface area contributed by atoms with Crippen LogP contribution in [0.5, 0.6) is 23.1 Å². The minimum atomic E-state index is -2.53. The van der Waals surface area contributed by atoms with Crippen molar-refractivity contribution in [2.75, 3.05) is 59.7 Å². The van der Waals surface area contributed by atoms with Crippen LogP contribution < -0.4 is 24.3 Å². The van der Waals surface area contributed by atoms with Crippen molar-refractivity contribution < 1.29 is 37.8 Å². The van der Waals surface area contributed by atoms with Gasteiger partial charge in [-0.3, -0.25) is 4.90 Å². The molecule has 3 aliphatic heterocycles. The number of ether oxygens (including phenoxy) is 4. The standard InChI is InChI=1S/C50H48Cl2FN6O7PS/c1-28-40-29(2)44(52)45(43(28)51)65-36(24-59-19-17-58(3)18-20-59)26-63-35-13-14-38(64-25-34-15-16-54-47(57-34)31-7-6-8-37(22-31)67(4,5)62)32(21-35)23-39(50(60)61)66-48-42-41(40)46(68-49(42)56-27-55-48)30-9-11-33(53)12-10-30/h6-16,21-22,27,36,39H,17-20,23-26H2,1-5H3,(H,60,61)/t36-,39-/m1/s1. The lowest BCUT2D eigenvalue weighted by Gasteiger charge is -2.35. The Morgan fingerprint density at radius 1 is 0.926 bits per heavy atom. The van der Waals surface area contributed by atoms with Gasteiger partial charge in [0.25, 0.3) is 0 Å². The molecule has 4 bridgehead atoms. The summed E-state index contributed by atoms with van der Waals surface area (Å²) in [6.45, 7) is 11.2. The minimum Gasteiger partial charge on any atom is -0.490 e. The van der Waals surface area contributed by atoms with E-state index in [-0.39, 0.29) is 35.6 Å². The van der Waals surface area contributed by atoms with Crippen LogP contribution in [0.2, 0.25) is 10.0 Å². The highest BCUT2D eigenvalue weighted by Crippen LogP contribution is 2.53. The third-order valence-corrected chi connectivity index (χ3v) is 15.8. The van der Waals surface area contributed by atoms with Crippen molar-refractivity contribution in [3.05, 3.63) is 124 Å². The first-order chi connectivity index (χ1) is 32.6. The Morgan fingerprint density at radius 2 is 1.68 bits per heavy atom. The number of aliphatic carboxylic acids is 1. The Morgan fingerprint density at radius 3 is 2.40 bits per heavy atom. The van der Waals surface area contributed by atoms with E-state index in [0.717, 1.165) is 31.5 Å². The molecule has 18 heteroatoms. The minimum absolute atomic E-state index is 0.0103. The summed E-state index contributed by atoms with van der Waals surface area (Å²) in [5.74, 6) is -0.0796. The number of carboxylic acids is 1. The topological polar surface area (TPSA) is 149 Å². The van der Waals surface area contributed by atoms with E-state index in [1.54, 1.807) is 55.9 Å². The van der Waals surface area contributed by atoms with Crippen molar-refractivity contribution in [2.24, 2.45) is 0 Å². The number of hydrogen-bond acceptors (Lipinski definition) is 13. The average molecular weight is 998 g/mol. The van der Waals surface area contributed by atoms with Gasteiger partial charge in [-0.2, -0.15) is 0 Å². The molecule has 0 unspecified atom stereocenters. The lowest BCUT2D eigenvalue weighted by molar-refractivity contribution is -0.145. The number of piperazine rings is 1. The first-order valence-corrected chi connectivity index (χ1v) is 26.1. The third-order valence-electron chi connectivity index (χ3n) is 12.2. The third kappa shape index (κ3) is 10.1. The largest absolute Gasteiger partial charge is 0.490 e. The molecule has 68 heavy (non-hydrogen) atoms. The van der Waals surface area contributed by atoms with Crippen molar-refractivity contribution in [1.29, 1.82) is 0 Å². The van der Waals surface area contributed by atoms with E-state index >= 15 is 0 Å². The molecule has 10 rings (SSSR count). The molecule has 0 aliphatic carbocycles. The zero-order valence-corrected chi connectivity index (χ0v) is 41.2. The molecule has 4 aromatic carbocycles. The van der Waals surface area contributed by atoms with Gasteiger partial charge in [0, 0.05) is 72.2 Å². The van der Waals surface area contributed by atoms with E-state index in [2.05, 4.69) is 31.8 Å². The zero-order valence-electron chi connectivity index (χ0n) is 38.0. The summed E-state index contributed by atoms with van der Waals surface area (Å²) >= 11 is 16.0. The van der Waals surface area contributed by atoms with E-state index in [1.165, 1.54) is 29.8 Å². The Kier molecular flexibility index (Phi) is 13.8. The van der Waals surface area contributed by atoms with E-state index in [1.807, 2.05) is 38.1 Å². The summed E-state index contributed by atoms with van der Waals surface area (Å²) in [4.78, 5) is 37.5. The highest BCUT2D eigenvalue weighted by atomic mass is 35.5. The van der Waals surface area contributed by atoms with Gasteiger partial charge in [-0.05, 0) is 98.9 Å². The van der Waals surface area contributed by atoms with Crippen molar-refractivity contribution in [3.8, 4) is 56.1 Å². The molecule has 1 fully saturated rings. The van der Waals surface area contributed by atoms with Gasteiger partial charge in [-0.25, -0.2) is 29.1 Å². The molecule has 3 aliphatic rings. The van der Waals surface area contributed by atoms with E-state index in [9.17, 15) is 18.9 Å². The van der Waals surface area contributed by atoms with Gasteiger partial charge in [0.05, 0.1) is 21.1 Å². The van der Waals surface area contributed by atoms with Gasteiger partial charge in [0.2, 0.25) is 12.0 Å². The lowest BCUT2D eigenvalue weighted by Crippen LogP contribution is -2.49. The second-order valence-electron chi connectivity index (χ2n) is 17.4. The van der Waals surface area contributed by atoms with Crippen LogP contribution in [0.4, 0.5) is 4.39 Å². The molecular formula is C50H48Cl2FN6O7PS. The summed E-state index contributed by atoms with van der Waals surface area (Å²) in [6, 6.07) is 20.4. The van der Waals surface area contributed by atoms with Crippen LogP contribution in [-0.2, 0) is 22.4 Å². The van der Waals surface area contributed by atoms with Crippen LogP contribution in [0.25, 0.3) is 43.2 Å². The maximum atomic E-state index is 14.4. The molecule has 13 nitrogen and oxygen atoms in total. The number of aromatic nitrogens is 4. The Labute approximate surface area is 407 Å². The second-order valence-corrected chi connectivity index (χ2v) is 22.4. The van der Waals surface area contributed by atoms with Crippen molar-refractivity contribution in [3.63, 3.8) is 0 Å². The molecule has 352 valence electrons. The second kappa shape index (κ2) is 19.7. The highest BCUT2D eigenvalue weighted by Gasteiger charge is 2.32. The predicted molar refractivity (Wildman–Crippen MR) is 265 cm³/mol. The number of nitrogens with zero attached hydrogens (tertiary/aromatic N) is 6. The Hall–Kier alpha value is -5.67. The Bertz CT molecular complexity index is 3060. The summed E-state index contributed by atoms with van der Waals surface area (Å²) in [7, 11) is -0.437. The summed E-state index contributed by atoms with van der Waals surface area (Å²) in [5.41, 5.74) is 4.97. The first-order valence-electron chi connectivity index (χ1n) is 22.0. The predicted octanol–water partition coefficient (Wildman–Crippen LogP) is 9.83. The van der Waals surface area contributed by atoms with Gasteiger partial charge in [0.1, 0.15) is 54.9 Å². The maximum Gasteiger partial charge on any atom is 0.345 e. The van der Waals surface area contributed by atoms with Crippen molar-refractivity contribution in [1.82, 2.24) is 29.7 Å². The molecule has 0 spiro atoms. The monoisotopic (exact) mass is 996 g/mol. The first kappa shape index (κ1) is 47.4. The maximum absolute atomic E-state index is 14.4. The molecular weight excluding hydrogens is 950 g/mol. The summed E-state index contributed by atoms with van der Waals surface area (Å²) in [5, 5.41) is 12.6. The zero-order chi connectivity index (χ0) is 47.9. The van der Waals surface area contributed by atoms with Crippen LogP contribution in [-0.4, -0.2) is 113 Å². The van der Waals surface area contributed by atoms with Crippen molar-refractivity contribution in [2.45, 2.75) is 39.1 Å². The van der Waals surface area contributed by atoms with Crippen LogP contribution in [0.1, 0.15) is 22.4 Å². The number of hydrogen-bond donors (Lipinski definition) is 1. The van der Waals surface area contributed by atoms with Crippen LogP contribution >= 0.6 is 41.7 Å². The van der Waals surface area contributed by atoms with Gasteiger partial charge >= 0.3 is 5.97 Å². The number of thiophene rings is 1.